The van der Waals surface area contributed by atoms with Crippen molar-refractivity contribution in [3.8, 4) is 6.07 Å². The second kappa shape index (κ2) is 5.57. The van der Waals surface area contributed by atoms with Crippen LogP contribution in [0.2, 0.25) is 10.0 Å². The Kier molecular flexibility index (Phi) is 3.85. The van der Waals surface area contributed by atoms with E-state index in [-0.39, 0.29) is 20.4 Å². The molecule has 0 fully saturated rings. The van der Waals surface area contributed by atoms with Gasteiger partial charge in [-0.3, -0.25) is 0 Å². The zero-order valence-electron chi connectivity index (χ0n) is 11.9. The van der Waals surface area contributed by atoms with E-state index in [4.69, 9.17) is 28.5 Å². The van der Waals surface area contributed by atoms with Gasteiger partial charge in [0.1, 0.15) is 6.07 Å². The Morgan fingerprint density at radius 2 is 1.78 bits per heavy atom. The summed E-state index contributed by atoms with van der Waals surface area (Å²) >= 11 is 11.9. The largest absolute Gasteiger partial charge is 0.357 e. The predicted octanol–water partition coefficient (Wildman–Crippen LogP) is 4.49. The van der Waals surface area contributed by atoms with Crippen LogP contribution in [-0.4, -0.2) is 13.4 Å². The van der Waals surface area contributed by atoms with Crippen molar-refractivity contribution >= 4 is 43.9 Å². The summed E-state index contributed by atoms with van der Waals surface area (Å²) < 4.78 is 25.9. The number of aromatic amines is 1. The first kappa shape index (κ1) is 15.9. The summed E-state index contributed by atoms with van der Waals surface area (Å²) in [6, 6.07) is 11.0. The molecule has 0 saturated carbocycles. The van der Waals surface area contributed by atoms with Gasteiger partial charge in [0.25, 0.3) is 0 Å². The molecule has 4 nitrogen and oxygen atoms in total. The van der Waals surface area contributed by atoms with Crippen LogP contribution >= 0.6 is 23.2 Å². The van der Waals surface area contributed by atoms with Gasteiger partial charge in [0.2, 0.25) is 9.84 Å². The minimum absolute atomic E-state index is 0.145. The first-order valence-corrected chi connectivity index (χ1v) is 8.81. The fourth-order valence-corrected chi connectivity index (χ4v) is 4.46. The van der Waals surface area contributed by atoms with Crippen molar-refractivity contribution in [1.29, 1.82) is 5.26 Å². The lowest BCUT2D eigenvalue weighted by atomic mass is 10.2. The number of hydrogen-bond donors (Lipinski definition) is 1. The number of aromatic nitrogens is 1. The number of halogens is 2. The maximum Gasteiger partial charge on any atom is 0.208 e. The number of nitriles is 1. The van der Waals surface area contributed by atoms with Crippen LogP contribution in [-0.2, 0) is 9.84 Å². The van der Waals surface area contributed by atoms with E-state index >= 15 is 0 Å². The van der Waals surface area contributed by atoms with E-state index in [2.05, 4.69) is 4.98 Å². The molecule has 0 unspecified atom stereocenters. The molecular weight excluding hydrogens is 355 g/mol. The average Bonchev–Trinajstić information content (AvgIpc) is 2.82. The highest BCUT2D eigenvalue weighted by molar-refractivity contribution is 7.91. The smallest absolute Gasteiger partial charge is 0.208 e. The number of fused-ring (bicyclic) bond motifs is 1. The highest BCUT2D eigenvalue weighted by Crippen LogP contribution is 2.34. The molecule has 0 aliphatic rings. The quantitative estimate of drug-likeness (QED) is 0.727. The summed E-state index contributed by atoms with van der Waals surface area (Å²) in [7, 11) is -3.74. The lowest BCUT2D eigenvalue weighted by molar-refractivity contribution is 0.596. The Hall–Kier alpha value is -2.00. The van der Waals surface area contributed by atoms with Gasteiger partial charge in [0, 0.05) is 21.6 Å². The van der Waals surface area contributed by atoms with Gasteiger partial charge in [-0.15, -0.1) is 0 Å². The minimum atomic E-state index is -3.74. The molecule has 0 aliphatic carbocycles. The van der Waals surface area contributed by atoms with Crippen molar-refractivity contribution in [2.75, 3.05) is 0 Å². The molecule has 0 aliphatic heterocycles. The topological polar surface area (TPSA) is 73.7 Å². The maximum absolute atomic E-state index is 12.9. The monoisotopic (exact) mass is 364 g/mol. The van der Waals surface area contributed by atoms with Gasteiger partial charge in [-0.2, -0.15) is 5.26 Å². The number of H-pyrrole nitrogens is 1. The van der Waals surface area contributed by atoms with Gasteiger partial charge in [-0.25, -0.2) is 8.42 Å². The Morgan fingerprint density at radius 3 is 2.39 bits per heavy atom. The van der Waals surface area contributed by atoms with Crippen molar-refractivity contribution in [3.05, 3.63) is 57.7 Å². The molecule has 0 spiro atoms. The van der Waals surface area contributed by atoms with E-state index in [0.29, 0.717) is 21.6 Å². The van der Waals surface area contributed by atoms with Crippen molar-refractivity contribution in [1.82, 2.24) is 4.98 Å². The molecule has 2 aromatic carbocycles. The SMILES string of the molecule is Cc1[nH]c2cc(C#N)c(Cl)cc2c1S(=O)(=O)c1ccc(Cl)cc1. The molecule has 0 amide bonds. The van der Waals surface area contributed by atoms with Crippen LogP contribution < -0.4 is 0 Å². The van der Waals surface area contributed by atoms with Gasteiger partial charge in [-0.1, -0.05) is 23.2 Å². The first-order valence-electron chi connectivity index (χ1n) is 6.57. The highest BCUT2D eigenvalue weighted by atomic mass is 35.5. The van der Waals surface area contributed by atoms with Crippen molar-refractivity contribution in [2.45, 2.75) is 16.7 Å². The average molecular weight is 365 g/mol. The van der Waals surface area contributed by atoms with Gasteiger partial charge in [0.15, 0.2) is 0 Å². The van der Waals surface area contributed by atoms with Crippen LogP contribution in [0.15, 0.2) is 46.2 Å². The van der Waals surface area contributed by atoms with Crippen LogP contribution in [0.5, 0.6) is 0 Å². The Morgan fingerprint density at radius 1 is 1.13 bits per heavy atom. The summed E-state index contributed by atoms with van der Waals surface area (Å²) in [6.45, 7) is 1.67. The van der Waals surface area contributed by atoms with Gasteiger partial charge >= 0.3 is 0 Å². The second-order valence-corrected chi connectivity index (χ2v) is 7.76. The van der Waals surface area contributed by atoms with E-state index in [9.17, 15) is 8.42 Å². The third-order valence-corrected chi connectivity index (χ3v) is 6.05. The molecule has 0 atom stereocenters. The molecular formula is C16H10Cl2N2O2S. The van der Waals surface area contributed by atoms with Crippen molar-refractivity contribution in [3.63, 3.8) is 0 Å². The molecule has 3 rings (SSSR count). The molecule has 1 aromatic heterocycles. The first-order chi connectivity index (χ1) is 10.8. The highest BCUT2D eigenvalue weighted by Gasteiger charge is 2.25. The third kappa shape index (κ3) is 2.59. The lowest BCUT2D eigenvalue weighted by Gasteiger charge is -2.05. The van der Waals surface area contributed by atoms with Gasteiger partial charge in [0.05, 0.1) is 20.4 Å². The van der Waals surface area contributed by atoms with Crippen LogP contribution in [0.4, 0.5) is 0 Å². The second-order valence-electron chi connectivity index (χ2n) is 5.03. The van der Waals surface area contributed by atoms with Gasteiger partial charge < -0.3 is 4.98 Å². The minimum Gasteiger partial charge on any atom is -0.357 e. The molecule has 3 aromatic rings. The summed E-state index contributed by atoms with van der Waals surface area (Å²) in [5.41, 5.74) is 1.33. The summed E-state index contributed by atoms with van der Waals surface area (Å²) in [4.78, 5) is 3.30. The number of nitrogens with one attached hydrogen (secondary N) is 1. The van der Waals surface area contributed by atoms with Crippen molar-refractivity contribution in [2.24, 2.45) is 0 Å². The van der Waals surface area contributed by atoms with Gasteiger partial charge in [-0.05, 0) is 43.3 Å². The van der Waals surface area contributed by atoms with Crippen LogP contribution in [0.1, 0.15) is 11.3 Å². The van der Waals surface area contributed by atoms with E-state index in [1.54, 1.807) is 13.0 Å². The van der Waals surface area contributed by atoms with Crippen LogP contribution in [0, 0.1) is 18.3 Å². The number of hydrogen-bond acceptors (Lipinski definition) is 3. The normalized spacial score (nSPS) is 11.6. The lowest BCUT2D eigenvalue weighted by Crippen LogP contribution is -2.03. The van der Waals surface area contributed by atoms with Crippen LogP contribution in [0.25, 0.3) is 10.9 Å². The molecule has 23 heavy (non-hydrogen) atoms. The zero-order valence-corrected chi connectivity index (χ0v) is 14.2. The van der Waals surface area contributed by atoms with E-state index < -0.39 is 9.84 Å². The maximum atomic E-state index is 12.9. The number of nitrogens with zero attached hydrogens (tertiary/aromatic N) is 1. The molecule has 0 radical (unpaired) electrons. The molecule has 1 N–H and O–H groups in total. The molecule has 7 heteroatoms. The number of sulfone groups is 1. The van der Waals surface area contributed by atoms with E-state index in [0.717, 1.165) is 0 Å². The molecule has 0 saturated heterocycles. The molecule has 0 bridgehead atoms. The number of rotatable bonds is 2. The molecule has 116 valence electrons. The zero-order chi connectivity index (χ0) is 16.8. The Bertz CT molecular complexity index is 1060. The number of benzene rings is 2. The molecule has 1 heterocycles. The summed E-state index contributed by atoms with van der Waals surface area (Å²) in [6.07, 6.45) is 0. The van der Waals surface area contributed by atoms with E-state index in [1.165, 1.54) is 30.3 Å². The number of aryl methyl sites for hydroxylation is 1. The fraction of sp³-hybridized carbons (Fsp3) is 0.0625. The Balaban J connectivity index is 2.31. The Labute approximate surface area is 143 Å². The van der Waals surface area contributed by atoms with Crippen LogP contribution in [0.3, 0.4) is 0 Å². The fourth-order valence-electron chi connectivity index (χ4n) is 2.49. The van der Waals surface area contributed by atoms with E-state index in [1.807, 2.05) is 6.07 Å². The third-order valence-electron chi connectivity index (χ3n) is 3.53. The summed E-state index contributed by atoms with van der Waals surface area (Å²) in [5, 5.41) is 10.2. The van der Waals surface area contributed by atoms with Crippen molar-refractivity contribution < 1.29 is 8.42 Å². The predicted molar refractivity (Wildman–Crippen MR) is 89.7 cm³/mol. The standard InChI is InChI=1S/C16H10Cl2N2O2S/c1-9-16(23(21,22)12-4-2-11(17)3-5-12)13-7-14(18)10(8-19)6-15(13)20-9/h2-7,20H,1H3. The summed E-state index contributed by atoms with van der Waals surface area (Å²) in [5.74, 6) is 0.